The number of benzene rings is 3. The van der Waals surface area contributed by atoms with Crippen LogP contribution in [0.15, 0.2) is 71.3 Å². The lowest BCUT2D eigenvalue weighted by molar-refractivity contribution is -0.120. The molecule has 2 aliphatic heterocycles. The van der Waals surface area contributed by atoms with Crippen LogP contribution in [-0.4, -0.2) is 97.6 Å². The fraction of sp³-hybridized carbons (Fsp3) is 0.469. The van der Waals surface area contributed by atoms with Gasteiger partial charge in [-0.2, -0.15) is 4.98 Å². The van der Waals surface area contributed by atoms with Gasteiger partial charge in [0.25, 0.3) is 11.8 Å². The molecule has 0 spiro atoms. The first-order valence-corrected chi connectivity index (χ1v) is 23.7. The fourth-order valence-corrected chi connectivity index (χ4v) is 8.57. The average Bonchev–Trinajstić information content (AvgIpc) is 3.65. The van der Waals surface area contributed by atoms with E-state index in [1.54, 1.807) is 36.3 Å². The Balaban J connectivity index is 0.842. The van der Waals surface area contributed by atoms with Gasteiger partial charge in [-0.25, -0.2) is 4.98 Å². The Morgan fingerprint density at radius 3 is 2.48 bits per heavy atom. The number of nitrogens with zero attached hydrogens (tertiary/aromatic N) is 5. The predicted octanol–water partition coefficient (Wildman–Crippen LogP) is 8.21. The standard InChI is InChI=1S/C49H64BrN9O6/c1-6-14-33(3)58-32-38-37(47(58)62)15-13-16-39(38)54-44(60)17-11-9-8-10-12-24-51-25-27-65-28-26-52-46(61)35-20-23-40(43(29-35)64-5)55-49-53-30-42-45(56-49)59(41(7-2)48(63)57(42)4)31-34-18-21-36(50)22-19-34/h13,15-16,18-23,29-30,33,41,51H,6-12,14,17,24-28,31-32H2,1-5H3,(H,52,61)(H,54,60)(H,53,55,56). The third-order valence-electron chi connectivity index (χ3n) is 12.0. The summed E-state index contributed by atoms with van der Waals surface area (Å²) in [4.78, 5) is 67.0. The number of carbonyl (C=O) groups is 4. The van der Waals surface area contributed by atoms with Crippen molar-refractivity contribution in [2.24, 2.45) is 0 Å². The number of hydrogen-bond acceptors (Lipinski definition) is 11. The van der Waals surface area contributed by atoms with Crippen molar-refractivity contribution in [2.45, 2.75) is 104 Å². The molecular weight excluding hydrogens is 890 g/mol. The molecule has 0 bridgehead atoms. The van der Waals surface area contributed by atoms with E-state index in [4.69, 9.17) is 14.5 Å². The maximum absolute atomic E-state index is 13.3. The molecule has 4 amide bonds. The number of amides is 4. The number of carbonyl (C=O) groups excluding carboxylic acids is 4. The Morgan fingerprint density at radius 2 is 1.71 bits per heavy atom. The Kier molecular flexibility index (Phi) is 18.1. The molecule has 2 atom stereocenters. The summed E-state index contributed by atoms with van der Waals surface area (Å²) in [6, 6.07) is 18.5. The van der Waals surface area contributed by atoms with Crippen LogP contribution in [0, 0.1) is 0 Å². The van der Waals surface area contributed by atoms with E-state index in [1.165, 1.54) is 7.11 Å². The highest BCUT2D eigenvalue weighted by Gasteiger charge is 2.37. The van der Waals surface area contributed by atoms with Crippen LogP contribution < -0.4 is 35.8 Å². The minimum absolute atomic E-state index is 0.00568. The quantitative estimate of drug-likeness (QED) is 0.0473. The zero-order valence-electron chi connectivity index (χ0n) is 38.4. The molecule has 4 aromatic rings. The molecule has 6 rings (SSSR count). The smallest absolute Gasteiger partial charge is 0.254 e. The van der Waals surface area contributed by atoms with Gasteiger partial charge in [-0.3, -0.25) is 19.2 Å². The molecule has 0 fully saturated rings. The summed E-state index contributed by atoms with van der Waals surface area (Å²) in [5, 5.41) is 12.6. The number of likely N-dealkylation sites (N-methyl/N-ethyl adjacent to an activating group) is 1. The van der Waals surface area contributed by atoms with Gasteiger partial charge in [-0.05, 0) is 87.2 Å². The molecule has 3 aromatic carbocycles. The van der Waals surface area contributed by atoms with Crippen LogP contribution in [0.25, 0.3) is 0 Å². The second kappa shape index (κ2) is 24.1. The number of ether oxygens (including phenoxy) is 2. The number of methoxy groups -OCH3 is 1. The summed E-state index contributed by atoms with van der Waals surface area (Å²) in [6.07, 6.45) is 9.72. The molecule has 0 aliphatic carbocycles. The number of aromatic nitrogens is 2. The van der Waals surface area contributed by atoms with Crippen molar-refractivity contribution >= 4 is 68.4 Å². The van der Waals surface area contributed by atoms with Gasteiger partial charge < -0.3 is 45.4 Å². The lowest BCUT2D eigenvalue weighted by Crippen LogP contribution is -2.52. The van der Waals surface area contributed by atoms with Crippen molar-refractivity contribution < 1.29 is 28.7 Å². The Hall–Kier alpha value is -5.58. The first-order chi connectivity index (χ1) is 31.5. The third-order valence-corrected chi connectivity index (χ3v) is 12.5. The second-order valence-corrected chi connectivity index (χ2v) is 17.5. The molecule has 0 radical (unpaired) electrons. The number of fused-ring (bicyclic) bond motifs is 2. The van der Waals surface area contributed by atoms with E-state index in [-0.39, 0.29) is 35.7 Å². The average molecular weight is 955 g/mol. The molecule has 2 aliphatic rings. The first kappa shape index (κ1) is 48.9. The zero-order chi connectivity index (χ0) is 46.3. The van der Waals surface area contributed by atoms with Crippen LogP contribution >= 0.6 is 15.9 Å². The summed E-state index contributed by atoms with van der Waals surface area (Å²) in [5.41, 5.74) is 5.07. The van der Waals surface area contributed by atoms with E-state index in [0.29, 0.717) is 85.7 Å². The summed E-state index contributed by atoms with van der Waals surface area (Å²) in [6.45, 7) is 10.1. The monoisotopic (exact) mass is 953 g/mol. The molecule has 15 nitrogen and oxygen atoms in total. The van der Waals surface area contributed by atoms with Gasteiger partial charge in [0, 0.05) is 72.5 Å². The predicted molar refractivity (Wildman–Crippen MR) is 259 cm³/mol. The van der Waals surface area contributed by atoms with Crippen molar-refractivity contribution in [3.05, 3.63) is 93.6 Å². The van der Waals surface area contributed by atoms with E-state index < -0.39 is 0 Å². The molecule has 65 heavy (non-hydrogen) atoms. The number of halogens is 1. The highest BCUT2D eigenvalue weighted by Crippen LogP contribution is 2.37. The SMILES string of the molecule is CCCC(C)N1Cc2c(NC(=O)CCCCCCCNCCOCCNC(=O)c3ccc(Nc4ncc5c(n4)N(Cc4ccc(Br)cc4)C(CC)C(=O)N5C)c(OC)c3)cccc2C1=O. The molecule has 0 saturated carbocycles. The van der Waals surface area contributed by atoms with Crippen molar-refractivity contribution in [3.8, 4) is 5.75 Å². The minimum Gasteiger partial charge on any atom is -0.495 e. The molecule has 1 aromatic heterocycles. The van der Waals surface area contributed by atoms with Gasteiger partial charge in [-0.1, -0.05) is 73.7 Å². The Bertz CT molecular complexity index is 2260. The normalized spacial score (nSPS) is 14.9. The fourth-order valence-electron chi connectivity index (χ4n) is 8.31. The minimum atomic E-state index is -0.383. The number of unbranched alkanes of at least 4 members (excludes halogenated alkanes) is 4. The molecule has 2 unspecified atom stereocenters. The van der Waals surface area contributed by atoms with Gasteiger partial charge in [0.05, 0.1) is 32.2 Å². The van der Waals surface area contributed by atoms with Crippen LogP contribution in [0.2, 0.25) is 0 Å². The summed E-state index contributed by atoms with van der Waals surface area (Å²) in [5.74, 6) is 1.22. The highest BCUT2D eigenvalue weighted by atomic mass is 79.9. The van der Waals surface area contributed by atoms with Crippen molar-refractivity contribution in [3.63, 3.8) is 0 Å². The van der Waals surface area contributed by atoms with Crippen molar-refractivity contribution in [1.29, 1.82) is 0 Å². The number of nitrogens with one attached hydrogen (secondary N) is 4. The van der Waals surface area contributed by atoms with Crippen LogP contribution in [0.4, 0.5) is 28.8 Å². The lowest BCUT2D eigenvalue weighted by atomic mass is 10.1. The van der Waals surface area contributed by atoms with Crippen LogP contribution in [0.5, 0.6) is 5.75 Å². The highest BCUT2D eigenvalue weighted by molar-refractivity contribution is 9.10. The number of rotatable bonds is 25. The van der Waals surface area contributed by atoms with E-state index in [9.17, 15) is 19.2 Å². The van der Waals surface area contributed by atoms with Gasteiger partial charge in [-0.15, -0.1) is 0 Å². The maximum atomic E-state index is 13.3. The van der Waals surface area contributed by atoms with Crippen LogP contribution in [0.1, 0.15) is 110 Å². The largest absolute Gasteiger partial charge is 0.495 e. The molecule has 0 saturated heterocycles. The van der Waals surface area contributed by atoms with Gasteiger partial charge in [0.1, 0.15) is 17.5 Å². The Morgan fingerprint density at radius 1 is 0.938 bits per heavy atom. The van der Waals surface area contributed by atoms with Crippen LogP contribution in [0.3, 0.4) is 0 Å². The van der Waals surface area contributed by atoms with Crippen LogP contribution in [-0.2, 0) is 27.4 Å². The topological polar surface area (TPSA) is 170 Å². The summed E-state index contributed by atoms with van der Waals surface area (Å²) in [7, 11) is 3.29. The molecule has 4 N–H and O–H groups in total. The van der Waals surface area contributed by atoms with E-state index >= 15 is 0 Å². The van der Waals surface area contributed by atoms with Crippen molar-refractivity contribution in [2.75, 3.05) is 67.4 Å². The maximum Gasteiger partial charge on any atom is 0.254 e. The molecule has 3 heterocycles. The van der Waals surface area contributed by atoms with Gasteiger partial charge >= 0.3 is 0 Å². The number of anilines is 5. The summed E-state index contributed by atoms with van der Waals surface area (Å²) >= 11 is 3.50. The first-order valence-electron chi connectivity index (χ1n) is 22.9. The van der Waals surface area contributed by atoms with E-state index in [1.807, 2.05) is 59.2 Å². The van der Waals surface area contributed by atoms with E-state index in [0.717, 1.165) is 79.3 Å². The third kappa shape index (κ3) is 12.8. The number of hydrogen-bond donors (Lipinski definition) is 4. The second-order valence-electron chi connectivity index (χ2n) is 16.6. The molecule has 16 heteroatoms. The van der Waals surface area contributed by atoms with Gasteiger partial charge in [0.15, 0.2) is 5.82 Å². The Labute approximate surface area is 391 Å². The lowest BCUT2D eigenvalue weighted by Gasteiger charge is -2.40. The van der Waals surface area contributed by atoms with Gasteiger partial charge in [0.2, 0.25) is 17.8 Å². The molecule has 348 valence electrons. The van der Waals surface area contributed by atoms with E-state index in [2.05, 4.69) is 56.0 Å². The van der Waals surface area contributed by atoms with Crippen molar-refractivity contribution in [1.82, 2.24) is 25.5 Å². The summed E-state index contributed by atoms with van der Waals surface area (Å²) < 4.78 is 12.4. The molecular formula is C49H64BrN9O6. The zero-order valence-corrected chi connectivity index (χ0v) is 40.0.